The molecule has 0 fully saturated rings. The van der Waals surface area contributed by atoms with Gasteiger partial charge in [-0.1, -0.05) is 16.8 Å². The van der Waals surface area contributed by atoms with E-state index < -0.39 is 23.8 Å². The van der Waals surface area contributed by atoms with Crippen LogP contribution >= 0.6 is 11.6 Å². The van der Waals surface area contributed by atoms with Crippen molar-refractivity contribution < 1.29 is 23.2 Å². The van der Waals surface area contributed by atoms with E-state index in [0.717, 1.165) is 0 Å². The molecule has 4 aromatic rings. The summed E-state index contributed by atoms with van der Waals surface area (Å²) >= 11 is 5.99. The predicted molar refractivity (Wildman–Crippen MR) is 122 cm³/mol. The summed E-state index contributed by atoms with van der Waals surface area (Å²) in [5.41, 5.74) is 2.14. The largest absolute Gasteiger partial charge is 0.449 e. The number of pyridine rings is 1. The summed E-state index contributed by atoms with van der Waals surface area (Å²) in [5, 5.41) is 15.9. The van der Waals surface area contributed by atoms with Gasteiger partial charge in [-0.3, -0.25) is 4.79 Å². The highest BCUT2D eigenvalue weighted by Gasteiger charge is 2.24. The molecule has 170 valence electrons. The summed E-state index contributed by atoms with van der Waals surface area (Å²) in [6.45, 7) is 3.06. The van der Waals surface area contributed by atoms with Crippen molar-refractivity contribution in [1.29, 1.82) is 5.26 Å². The number of amides is 1. The minimum absolute atomic E-state index is 0.101. The van der Waals surface area contributed by atoms with Crippen molar-refractivity contribution in [2.24, 2.45) is 0 Å². The van der Waals surface area contributed by atoms with Gasteiger partial charge in [0.05, 0.1) is 32.9 Å². The highest BCUT2D eigenvalue weighted by atomic mass is 35.5. The number of fused-ring (bicyclic) bond motifs is 1. The number of ether oxygens (including phenoxy) is 1. The molecule has 0 aliphatic rings. The number of aromatic nitrogens is 2. The van der Waals surface area contributed by atoms with E-state index in [0.29, 0.717) is 28.0 Å². The topological polar surface area (TPSA) is 118 Å². The second-order valence-corrected chi connectivity index (χ2v) is 7.76. The molecule has 1 atom stereocenters. The van der Waals surface area contributed by atoms with E-state index in [1.165, 1.54) is 55.5 Å². The van der Waals surface area contributed by atoms with Crippen LogP contribution in [0.15, 0.2) is 53.1 Å². The zero-order chi connectivity index (χ0) is 24.4. The number of esters is 1. The molecule has 1 unspecified atom stereocenters. The summed E-state index contributed by atoms with van der Waals surface area (Å²) in [6, 6.07) is 13.4. The van der Waals surface area contributed by atoms with Crippen LogP contribution in [0.2, 0.25) is 5.02 Å². The fourth-order valence-corrected chi connectivity index (χ4v) is 3.45. The van der Waals surface area contributed by atoms with Gasteiger partial charge in [-0.05, 0) is 62.4 Å². The zero-order valence-corrected chi connectivity index (χ0v) is 18.7. The summed E-state index contributed by atoms with van der Waals surface area (Å²) in [4.78, 5) is 30.0. The number of benzene rings is 2. The molecule has 8 nitrogen and oxygen atoms in total. The van der Waals surface area contributed by atoms with Crippen LogP contribution in [-0.2, 0) is 9.53 Å². The Hall–Kier alpha value is -4.29. The molecule has 0 bridgehead atoms. The lowest BCUT2D eigenvalue weighted by Crippen LogP contribution is -2.30. The lowest BCUT2D eigenvalue weighted by atomic mass is 10.1. The summed E-state index contributed by atoms with van der Waals surface area (Å²) in [7, 11) is 0. The number of aryl methyl sites for hydroxylation is 1. The Morgan fingerprint density at radius 1 is 1.21 bits per heavy atom. The number of hydrogen-bond donors (Lipinski definition) is 1. The first kappa shape index (κ1) is 22.9. The number of nitriles is 1. The highest BCUT2D eigenvalue weighted by molar-refractivity contribution is 6.32. The molecule has 1 N–H and O–H groups in total. The van der Waals surface area contributed by atoms with Crippen molar-refractivity contribution in [1.82, 2.24) is 10.1 Å². The number of hydrogen-bond acceptors (Lipinski definition) is 7. The number of nitrogens with one attached hydrogen (secondary N) is 1. The molecule has 10 heteroatoms. The molecular formula is C24H16ClFN4O4. The van der Waals surface area contributed by atoms with Crippen molar-refractivity contribution in [3.05, 3.63) is 76.2 Å². The van der Waals surface area contributed by atoms with Crippen LogP contribution < -0.4 is 5.32 Å². The minimum Gasteiger partial charge on any atom is -0.449 e. The Balaban J connectivity index is 1.59. The maximum Gasteiger partial charge on any atom is 0.339 e. The molecule has 1 amide bonds. The number of carbonyl (C=O) groups excluding carboxylic acids is 2. The van der Waals surface area contributed by atoms with Gasteiger partial charge < -0.3 is 14.6 Å². The van der Waals surface area contributed by atoms with E-state index in [1.807, 2.05) is 6.07 Å². The number of anilines is 1. The normalized spacial score (nSPS) is 11.6. The Bertz CT molecular complexity index is 1460. The number of nitrogens with zero attached hydrogens (tertiary/aromatic N) is 3. The lowest BCUT2D eigenvalue weighted by molar-refractivity contribution is -0.123. The van der Waals surface area contributed by atoms with E-state index in [9.17, 15) is 14.0 Å². The first-order valence-electron chi connectivity index (χ1n) is 10.0. The van der Waals surface area contributed by atoms with Gasteiger partial charge in [0, 0.05) is 11.3 Å². The van der Waals surface area contributed by atoms with Crippen LogP contribution in [0, 0.1) is 24.1 Å². The van der Waals surface area contributed by atoms with Gasteiger partial charge in [-0.2, -0.15) is 5.26 Å². The lowest BCUT2D eigenvalue weighted by Gasteiger charge is -2.14. The van der Waals surface area contributed by atoms with Gasteiger partial charge in [0.25, 0.3) is 11.6 Å². The molecule has 2 aromatic carbocycles. The van der Waals surface area contributed by atoms with Crippen LogP contribution in [0.25, 0.3) is 22.4 Å². The molecule has 0 spiro atoms. The van der Waals surface area contributed by atoms with Crippen molar-refractivity contribution in [2.45, 2.75) is 20.0 Å². The average molecular weight is 479 g/mol. The number of halogens is 2. The van der Waals surface area contributed by atoms with Gasteiger partial charge in [0.1, 0.15) is 11.9 Å². The fraction of sp³-hybridized carbons (Fsp3) is 0.125. The van der Waals surface area contributed by atoms with Crippen LogP contribution in [0.1, 0.15) is 28.5 Å². The smallest absolute Gasteiger partial charge is 0.339 e. The van der Waals surface area contributed by atoms with E-state index >= 15 is 0 Å². The molecule has 0 saturated carbocycles. The van der Waals surface area contributed by atoms with E-state index in [-0.39, 0.29) is 21.9 Å². The van der Waals surface area contributed by atoms with Gasteiger partial charge >= 0.3 is 5.97 Å². The number of rotatable bonds is 5. The van der Waals surface area contributed by atoms with E-state index in [2.05, 4.69) is 15.5 Å². The molecule has 2 aromatic heterocycles. The van der Waals surface area contributed by atoms with Crippen LogP contribution in [0.4, 0.5) is 10.1 Å². The molecule has 34 heavy (non-hydrogen) atoms. The molecule has 0 radical (unpaired) electrons. The Labute approximate surface area is 197 Å². The van der Waals surface area contributed by atoms with E-state index in [4.69, 9.17) is 26.1 Å². The predicted octanol–water partition coefficient (Wildman–Crippen LogP) is 5.05. The number of carbonyl (C=O) groups is 2. The Morgan fingerprint density at radius 3 is 2.62 bits per heavy atom. The molecule has 0 aliphatic carbocycles. The molecule has 0 aliphatic heterocycles. The van der Waals surface area contributed by atoms with Gasteiger partial charge in [0.15, 0.2) is 6.10 Å². The zero-order valence-electron chi connectivity index (χ0n) is 17.9. The second-order valence-electron chi connectivity index (χ2n) is 7.35. The SMILES string of the molecule is Cc1noc2nc(-c3ccc(F)cc3)cc(C(=O)OC(C)C(=O)Nc3ccc(C#N)c(Cl)c3)c12. The second kappa shape index (κ2) is 9.29. The maximum atomic E-state index is 13.3. The van der Waals surface area contributed by atoms with Gasteiger partial charge in [0.2, 0.25) is 0 Å². The molecule has 2 heterocycles. The first-order valence-corrected chi connectivity index (χ1v) is 10.4. The van der Waals surface area contributed by atoms with Crippen molar-refractivity contribution in [3.63, 3.8) is 0 Å². The van der Waals surface area contributed by atoms with Crippen molar-refractivity contribution >= 4 is 40.3 Å². The average Bonchev–Trinajstić information content (AvgIpc) is 3.19. The summed E-state index contributed by atoms with van der Waals surface area (Å²) < 4.78 is 23.9. The maximum absolute atomic E-state index is 13.3. The third kappa shape index (κ3) is 4.58. The van der Waals surface area contributed by atoms with Gasteiger partial charge in [-0.15, -0.1) is 0 Å². The van der Waals surface area contributed by atoms with Crippen LogP contribution in [0.5, 0.6) is 0 Å². The van der Waals surface area contributed by atoms with Crippen molar-refractivity contribution in [3.8, 4) is 17.3 Å². The molecular weight excluding hydrogens is 463 g/mol. The summed E-state index contributed by atoms with van der Waals surface area (Å²) in [5.74, 6) is -1.80. The van der Waals surface area contributed by atoms with Crippen LogP contribution in [-0.4, -0.2) is 28.1 Å². The quantitative estimate of drug-likeness (QED) is 0.399. The standard InChI is InChI=1S/C24H16ClFN4O4/c1-12-21-18(10-20(29-23(21)34-30-12)14-3-6-16(26)7-4-14)24(32)33-13(2)22(31)28-17-8-5-15(11-27)19(25)9-17/h3-10,13H,1-2H3,(H,28,31). The highest BCUT2D eigenvalue weighted by Crippen LogP contribution is 2.28. The Kier molecular flexibility index (Phi) is 6.25. The minimum atomic E-state index is -1.17. The van der Waals surface area contributed by atoms with Crippen molar-refractivity contribution in [2.75, 3.05) is 5.32 Å². The fourth-order valence-electron chi connectivity index (χ4n) is 3.23. The third-order valence-corrected chi connectivity index (χ3v) is 5.30. The third-order valence-electron chi connectivity index (χ3n) is 4.99. The first-order chi connectivity index (χ1) is 16.3. The van der Waals surface area contributed by atoms with E-state index in [1.54, 1.807) is 6.92 Å². The van der Waals surface area contributed by atoms with Crippen LogP contribution in [0.3, 0.4) is 0 Å². The molecule has 0 saturated heterocycles. The molecule has 4 rings (SSSR count). The summed E-state index contributed by atoms with van der Waals surface area (Å²) in [6.07, 6.45) is -1.17. The van der Waals surface area contributed by atoms with Gasteiger partial charge in [-0.25, -0.2) is 14.2 Å². The monoisotopic (exact) mass is 478 g/mol. The Morgan fingerprint density at radius 2 is 1.94 bits per heavy atom.